The summed E-state index contributed by atoms with van der Waals surface area (Å²) in [4.78, 5) is 6.27. The second-order valence-corrected chi connectivity index (χ2v) is 3.74. The largest absolute Gasteiger partial charge is 0.396 e. The van der Waals surface area contributed by atoms with Gasteiger partial charge < -0.3 is 9.63 Å². The fourth-order valence-corrected chi connectivity index (χ4v) is 1.93. The Balaban J connectivity index is 1.79. The summed E-state index contributed by atoms with van der Waals surface area (Å²) in [5.41, 5.74) is 0. The number of hydrogen-bond acceptors (Lipinski definition) is 5. The Labute approximate surface area is 82.7 Å². The predicted molar refractivity (Wildman–Crippen MR) is 49.4 cm³/mol. The molecule has 0 aromatic carbocycles. The zero-order valence-corrected chi connectivity index (χ0v) is 8.09. The normalized spacial score (nSPS) is 23.1. The molecule has 0 bridgehead atoms. The lowest BCUT2D eigenvalue weighted by Gasteiger charge is -2.12. The Morgan fingerprint density at radius 2 is 2.57 bits per heavy atom. The maximum absolute atomic E-state index is 8.81. The lowest BCUT2D eigenvalue weighted by Crippen LogP contribution is -2.20. The van der Waals surface area contributed by atoms with Crippen molar-refractivity contribution >= 4 is 0 Å². The first kappa shape index (κ1) is 9.61. The minimum absolute atomic E-state index is 0.291. The molecule has 78 valence electrons. The summed E-state index contributed by atoms with van der Waals surface area (Å²) in [5.74, 6) is 1.30. The van der Waals surface area contributed by atoms with Crippen LogP contribution in [-0.4, -0.2) is 39.8 Å². The fourth-order valence-electron chi connectivity index (χ4n) is 1.93. The third kappa shape index (κ3) is 2.30. The van der Waals surface area contributed by atoms with E-state index >= 15 is 0 Å². The first-order valence-electron chi connectivity index (χ1n) is 4.97. The Hall–Kier alpha value is -0.940. The maximum atomic E-state index is 8.81. The second kappa shape index (κ2) is 4.52. The molecule has 1 aliphatic heterocycles. The van der Waals surface area contributed by atoms with E-state index in [-0.39, 0.29) is 0 Å². The molecule has 2 heterocycles. The summed E-state index contributed by atoms with van der Waals surface area (Å²) in [7, 11) is 0. The van der Waals surface area contributed by atoms with E-state index in [1.54, 1.807) is 0 Å². The lowest BCUT2D eigenvalue weighted by molar-refractivity contribution is 0.236. The van der Waals surface area contributed by atoms with Gasteiger partial charge in [-0.1, -0.05) is 5.16 Å². The molecule has 0 amide bonds. The van der Waals surface area contributed by atoms with Crippen LogP contribution in [0.1, 0.15) is 18.7 Å². The topological polar surface area (TPSA) is 62.4 Å². The van der Waals surface area contributed by atoms with Crippen molar-refractivity contribution in [3.05, 3.63) is 12.2 Å². The van der Waals surface area contributed by atoms with Crippen molar-refractivity contribution in [2.45, 2.75) is 19.4 Å². The van der Waals surface area contributed by atoms with Gasteiger partial charge in [0.25, 0.3) is 0 Å². The summed E-state index contributed by atoms with van der Waals surface area (Å²) in [6.07, 6.45) is 3.49. The van der Waals surface area contributed by atoms with Crippen molar-refractivity contribution in [2.75, 3.05) is 19.7 Å². The molecule has 1 N–H and O–H groups in total. The SMILES string of the molecule is OCCC1CCN(Cc2ncno2)C1. The summed E-state index contributed by atoms with van der Waals surface area (Å²) in [6, 6.07) is 0. The van der Waals surface area contributed by atoms with Gasteiger partial charge in [0.05, 0.1) is 6.54 Å². The van der Waals surface area contributed by atoms with Gasteiger partial charge >= 0.3 is 0 Å². The first-order chi connectivity index (χ1) is 6.88. The number of rotatable bonds is 4. The molecule has 14 heavy (non-hydrogen) atoms. The highest BCUT2D eigenvalue weighted by molar-refractivity contribution is 4.80. The van der Waals surface area contributed by atoms with E-state index in [0.29, 0.717) is 18.4 Å². The van der Waals surface area contributed by atoms with Gasteiger partial charge in [-0.3, -0.25) is 4.90 Å². The van der Waals surface area contributed by atoms with E-state index < -0.39 is 0 Å². The van der Waals surface area contributed by atoms with Crippen LogP contribution in [0.4, 0.5) is 0 Å². The molecule has 0 spiro atoms. The Kier molecular flexibility index (Phi) is 3.10. The fraction of sp³-hybridized carbons (Fsp3) is 0.778. The molecule has 5 heteroatoms. The number of likely N-dealkylation sites (tertiary alicyclic amines) is 1. The number of hydrogen-bond donors (Lipinski definition) is 1. The Morgan fingerprint density at radius 1 is 1.64 bits per heavy atom. The monoisotopic (exact) mass is 197 g/mol. The Morgan fingerprint density at radius 3 is 3.29 bits per heavy atom. The van der Waals surface area contributed by atoms with Crippen molar-refractivity contribution in [1.82, 2.24) is 15.0 Å². The average molecular weight is 197 g/mol. The molecule has 1 aliphatic rings. The standard InChI is InChI=1S/C9H15N3O2/c13-4-2-8-1-3-12(5-8)6-9-10-7-11-14-9/h7-8,13H,1-6H2. The third-order valence-electron chi connectivity index (χ3n) is 2.67. The molecule has 0 saturated carbocycles. The average Bonchev–Trinajstić information content (AvgIpc) is 2.79. The third-order valence-corrected chi connectivity index (χ3v) is 2.67. The molecule has 1 saturated heterocycles. The molecule has 1 aromatic heterocycles. The zero-order valence-electron chi connectivity index (χ0n) is 8.09. The van der Waals surface area contributed by atoms with E-state index in [4.69, 9.17) is 9.63 Å². The van der Waals surface area contributed by atoms with Crippen LogP contribution in [0.5, 0.6) is 0 Å². The van der Waals surface area contributed by atoms with Gasteiger partial charge in [-0.15, -0.1) is 0 Å². The smallest absolute Gasteiger partial charge is 0.240 e. The van der Waals surface area contributed by atoms with Gasteiger partial charge in [0.15, 0.2) is 6.33 Å². The van der Waals surface area contributed by atoms with Crippen molar-refractivity contribution < 1.29 is 9.63 Å². The summed E-state index contributed by atoms with van der Waals surface area (Å²) >= 11 is 0. The molecule has 0 aliphatic carbocycles. The molecule has 1 unspecified atom stereocenters. The summed E-state index contributed by atoms with van der Waals surface area (Å²) in [6.45, 7) is 3.12. The molecule has 1 atom stereocenters. The predicted octanol–water partition coefficient (Wildman–Crippen LogP) is 0.274. The van der Waals surface area contributed by atoms with Gasteiger partial charge in [0, 0.05) is 13.2 Å². The van der Waals surface area contributed by atoms with Crippen LogP contribution in [0, 0.1) is 5.92 Å². The maximum Gasteiger partial charge on any atom is 0.240 e. The van der Waals surface area contributed by atoms with Crippen LogP contribution >= 0.6 is 0 Å². The van der Waals surface area contributed by atoms with Crippen LogP contribution in [0.15, 0.2) is 10.9 Å². The van der Waals surface area contributed by atoms with Crippen LogP contribution in [0.2, 0.25) is 0 Å². The van der Waals surface area contributed by atoms with Crippen molar-refractivity contribution in [3.8, 4) is 0 Å². The van der Waals surface area contributed by atoms with E-state index in [2.05, 4.69) is 15.0 Å². The number of nitrogens with zero attached hydrogens (tertiary/aromatic N) is 3. The molecule has 5 nitrogen and oxygen atoms in total. The highest BCUT2D eigenvalue weighted by Crippen LogP contribution is 2.20. The van der Waals surface area contributed by atoms with Gasteiger partial charge in [-0.25, -0.2) is 0 Å². The minimum atomic E-state index is 0.291. The van der Waals surface area contributed by atoms with Crippen molar-refractivity contribution in [2.24, 2.45) is 5.92 Å². The zero-order chi connectivity index (χ0) is 9.80. The lowest BCUT2D eigenvalue weighted by atomic mass is 10.1. The first-order valence-corrected chi connectivity index (χ1v) is 4.97. The highest BCUT2D eigenvalue weighted by atomic mass is 16.5. The van der Waals surface area contributed by atoms with Gasteiger partial charge in [0.1, 0.15) is 0 Å². The van der Waals surface area contributed by atoms with Crippen molar-refractivity contribution in [1.29, 1.82) is 0 Å². The molecule has 0 radical (unpaired) electrons. The minimum Gasteiger partial charge on any atom is -0.396 e. The van der Waals surface area contributed by atoms with Crippen LogP contribution in [0.3, 0.4) is 0 Å². The van der Waals surface area contributed by atoms with E-state index in [0.717, 1.165) is 32.5 Å². The van der Waals surface area contributed by atoms with Gasteiger partial charge in [-0.05, 0) is 25.3 Å². The molecule has 2 rings (SSSR count). The number of aliphatic hydroxyl groups is 1. The van der Waals surface area contributed by atoms with Gasteiger partial charge in [-0.2, -0.15) is 4.98 Å². The molecule has 1 fully saturated rings. The van der Waals surface area contributed by atoms with Crippen LogP contribution in [0.25, 0.3) is 0 Å². The van der Waals surface area contributed by atoms with E-state index in [1.807, 2.05) is 0 Å². The van der Waals surface area contributed by atoms with E-state index in [9.17, 15) is 0 Å². The number of aromatic nitrogens is 2. The number of aliphatic hydroxyl groups excluding tert-OH is 1. The molecular formula is C9H15N3O2. The van der Waals surface area contributed by atoms with Crippen LogP contribution < -0.4 is 0 Å². The Bertz CT molecular complexity index is 263. The second-order valence-electron chi connectivity index (χ2n) is 3.74. The van der Waals surface area contributed by atoms with Crippen molar-refractivity contribution in [3.63, 3.8) is 0 Å². The molecular weight excluding hydrogens is 182 g/mol. The van der Waals surface area contributed by atoms with Gasteiger partial charge in [0.2, 0.25) is 5.89 Å². The highest BCUT2D eigenvalue weighted by Gasteiger charge is 2.22. The van der Waals surface area contributed by atoms with E-state index in [1.165, 1.54) is 6.33 Å². The summed E-state index contributed by atoms with van der Waals surface area (Å²) < 4.78 is 4.94. The molecule has 1 aromatic rings. The quantitative estimate of drug-likeness (QED) is 0.750. The summed E-state index contributed by atoms with van der Waals surface area (Å²) in [5, 5.41) is 12.4. The van der Waals surface area contributed by atoms with Crippen LogP contribution in [-0.2, 0) is 6.54 Å².